The Balaban J connectivity index is 0.00000153. The summed E-state index contributed by atoms with van der Waals surface area (Å²) in [5.41, 5.74) is 11.4. The number of aliphatic carboxylic acids is 2. The zero-order valence-corrected chi connectivity index (χ0v) is 16.1. The van der Waals surface area contributed by atoms with E-state index >= 15 is 0 Å². The van der Waals surface area contributed by atoms with E-state index in [9.17, 15) is 9.90 Å². The molecule has 3 atom stereocenters. The number of aliphatic hydroxyl groups is 1. The fraction of sp³-hybridized carbons (Fsp3) is 0.714. The molecule has 0 aliphatic rings. The van der Waals surface area contributed by atoms with Crippen LogP contribution in [0.4, 0.5) is 0 Å². The van der Waals surface area contributed by atoms with Crippen LogP contribution >= 0.6 is 12.1 Å². The second-order valence-electron chi connectivity index (χ2n) is 5.55. The van der Waals surface area contributed by atoms with Crippen molar-refractivity contribution in [2.75, 3.05) is 6.54 Å². The zero-order valence-electron chi connectivity index (χ0n) is 15.3. The molecule has 27 heavy (non-hydrogen) atoms. The van der Waals surface area contributed by atoms with E-state index in [1.54, 1.807) is 0 Å². The number of carbonyl (C=O) groups is 2. The Bertz CT molecular complexity index is 554. The largest absolute Gasteiger partial charge is 0.481 e. The Hall–Kier alpha value is -1.77. The summed E-state index contributed by atoms with van der Waals surface area (Å²) in [7, 11) is 0. The SMILES string of the molecule is CC(=O)O.CC(O)C(NSNCc1nc(C(N)CCCCN)no1)C(=O)O. The fourth-order valence-electron chi connectivity index (χ4n) is 1.69. The molecule has 0 aliphatic carbocycles. The summed E-state index contributed by atoms with van der Waals surface area (Å²) < 4.78 is 10.5. The van der Waals surface area contributed by atoms with Crippen molar-refractivity contribution < 1.29 is 29.4 Å². The van der Waals surface area contributed by atoms with E-state index in [4.69, 9.17) is 31.0 Å². The van der Waals surface area contributed by atoms with E-state index in [0.717, 1.165) is 38.3 Å². The van der Waals surface area contributed by atoms with Crippen LogP contribution in [-0.2, 0) is 16.1 Å². The quantitative estimate of drug-likeness (QED) is 0.170. The Morgan fingerprint density at radius 2 is 1.96 bits per heavy atom. The molecule has 0 radical (unpaired) electrons. The molecule has 12 nitrogen and oxygen atoms in total. The van der Waals surface area contributed by atoms with Gasteiger partial charge in [-0.25, -0.2) is 9.44 Å². The highest BCUT2D eigenvalue weighted by Crippen LogP contribution is 2.13. The highest BCUT2D eigenvalue weighted by atomic mass is 32.2. The summed E-state index contributed by atoms with van der Waals surface area (Å²) in [5.74, 6) is -1.20. The normalized spacial score (nSPS) is 14.0. The van der Waals surface area contributed by atoms with Gasteiger partial charge in [-0.05, 0) is 26.3 Å². The number of rotatable bonds is 12. The minimum atomic E-state index is -1.14. The molecular weight excluding hydrogens is 380 g/mol. The molecular formula is C14H28N6O6S. The summed E-state index contributed by atoms with van der Waals surface area (Å²) >= 11 is 0.934. The second kappa shape index (κ2) is 14.3. The third kappa shape index (κ3) is 12.3. The van der Waals surface area contributed by atoms with Crippen LogP contribution in [0.15, 0.2) is 4.52 Å². The van der Waals surface area contributed by atoms with Gasteiger partial charge in [0.2, 0.25) is 5.89 Å². The molecule has 0 saturated heterocycles. The lowest BCUT2D eigenvalue weighted by Crippen LogP contribution is -2.42. The number of aromatic nitrogens is 2. The van der Waals surface area contributed by atoms with Gasteiger partial charge >= 0.3 is 5.97 Å². The van der Waals surface area contributed by atoms with Crippen molar-refractivity contribution in [2.45, 2.75) is 57.8 Å². The first-order valence-electron chi connectivity index (χ1n) is 8.21. The van der Waals surface area contributed by atoms with Crippen molar-refractivity contribution in [1.82, 2.24) is 19.6 Å². The van der Waals surface area contributed by atoms with Crippen LogP contribution in [0.1, 0.15) is 50.9 Å². The minimum Gasteiger partial charge on any atom is -0.481 e. The lowest BCUT2D eigenvalue weighted by Gasteiger charge is -2.15. The highest BCUT2D eigenvalue weighted by molar-refractivity contribution is 7.95. The third-order valence-corrected chi connectivity index (χ3v) is 3.68. The molecule has 0 saturated carbocycles. The lowest BCUT2D eigenvalue weighted by molar-refractivity contribution is -0.141. The van der Waals surface area contributed by atoms with Crippen LogP contribution in [0.3, 0.4) is 0 Å². The summed E-state index contributed by atoms with van der Waals surface area (Å²) in [4.78, 5) is 24.0. The zero-order chi connectivity index (χ0) is 20.8. The van der Waals surface area contributed by atoms with Gasteiger partial charge in [0.15, 0.2) is 5.82 Å². The molecule has 1 heterocycles. The van der Waals surface area contributed by atoms with Gasteiger partial charge in [-0.1, -0.05) is 11.6 Å². The summed E-state index contributed by atoms with van der Waals surface area (Å²) in [6.07, 6.45) is 1.50. The van der Waals surface area contributed by atoms with Gasteiger partial charge < -0.3 is 31.3 Å². The predicted molar refractivity (Wildman–Crippen MR) is 98.1 cm³/mol. The maximum absolute atomic E-state index is 10.9. The van der Waals surface area contributed by atoms with Crippen LogP contribution in [0, 0.1) is 0 Å². The van der Waals surface area contributed by atoms with Gasteiger partial charge in [0.05, 0.1) is 18.7 Å². The molecule has 1 aromatic heterocycles. The molecule has 9 N–H and O–H groups in total. The monoisotopic (exact) mass is 408 g/mol. The summed E-state index contributed by atoms with van der Waals surface area (Å²) in [6, 6.07) is -1.38. The highest BCUT2D eigenvalue weighted by Gasteiger charge is 2.22. The number of carboxylic acid groups (broad SMARTS) is 2. The van der Waals surface area contributed by atoms with Gasteiger partial charge in [-0.2, -0.15) is 4.98 Å². The first kappa shape index (κ1) is 25.2. The summed E-state index contributed by atoms with van der Waals surface area (Å²) in [5, 5.41) is 29.4. The van der Waals surface area contributed by atoms with Crippen LogP contribution < -0.4 is 20.9 Å². The molecule has 0 aromatic carbocycles. The van der Waals surface area contributed by atoms with Crippen LogP contribution in [0.5, 0.6) is 0 Å². The van der Waals surface area contributed by atoms with Gasteiger partial charge in [-0.3, -0.25) is 9.59 Å². The van der Waals surface area contributed by atoms with Crippen LogP contribution in [0.2, 0.25) is 0 Å². The van der Waals surface area contributed by atoms with E-state index in [1.165, 1.54) is 6.92 Å². The number of hydrogen-bond donors (Lipinski definition) is 7. The molecule has 156 valence electrons. The first-order chi connectivity index (χ1) is 12.7. The number of hydrogen-bond acceptors (Lipinski definition) is 11. The molecule has 1 aromatic rings. The van der Waals surface area contributed by atoms with Gasteiger partial charge in [0.25, 0.3) is 5.97 Å². The van der Waals surface area contributed by atoms with Crippen molar-refractivity contribution >= 4 is 24.1 Å². The Kier molecular flexibility index (Phi) is 13.4. The molecule has 0 fully saturated rings. The fourth-order valence-corrected chi connectivity index (χ4v) is 2.39. The molecule has 0 bridgehead atoms. The van der Waals surface area contributed by atoms with Crippen molar-refractivity contribution in [1.29, 1.82) is 0 Å². The first-order valence-corrected chi connectivity index (χ1v) is 9.03. The maximum atomic E-state index is 10.9. The average Bonchev–Trinajstić information content (AvgIpc) is 3.02. The molecule has 13 heteroatoms. The van der Waals surface area contributed by atoms with Crippen molar-refractivity contribution in [2.24, 2.45) is 11.5 Å². The molecule has 1 rings (SSSR count). The Labute approximate surface area is 161 Å². The van der Waals surface area contributed by atoms with Crippen molar-refractivity contribution in [3.8, 4) is 0 Å². The number of nitrogens with zero attached hydrogens (tertiary/aromatic N) is 2. The smallest absolute Gasteiger partial charge is 0.324 e. The third-order valence-electron chi connectivity index (χ3n) is 3.01. The topological polar surface area (TPSA) is 210 Å². The second-order valence-corrected chi connectivity index (χ2v) is 6.28. The van der Waals surface area contributed by atoms with Crippen LogP contribution in [0.25, 0.3) is 0 Å². The average molecular weight is 408 g/mol. The van der Waals surface area contributed by atoms with Crippen molar-refractivity contribution in [3.05, 3.63) is 11.7 Å². The van der Waals surface area contributed by atoms with E-state index in [0.29, 0.717) is 18.3 Å². The Morgan fingerprint density at radius 1 is 1.33 bits per heavy atom. The van der Waals surface area contributed by atoms with Gasteiger partial charge in [0.1, 0.15) is 6.04 Å². The van der Waals surface area contributed by atoms with E-state index in [2.05, 4.69) is 19.6 Å². The number of carboxylic acids is 2. The van der Waals surface area contributed by atoms with Gasteiger partial charge in [-0.15, -0.1) is 0 Å². The molecule has 3 unspecified atom stereocenters. The number of aliphatic hydroxyl groups excluding tert-OH is 1. The minimum absolute atomic E-state index is 0.229. The standard InChI is InChI=1S/C12H24N6O4S.C2H4O2/c1-7(19)10(12(20)21)18-23-15-6-9-16-11(17-22-9)8(14)4-2-3-5-13;1-2(3)4/h7-8,10,15,18-19H,2-6,13-14H2,1H3,(H,20,21);1H3,(H,3,4). The molecule has 0 amide bonds. The van der Waals surface area contributed by atoms with E-state index < -0.39 is 24.1 Å². The maximum Gasteiger partial charge on any atom is 0.324 e. The molecule has 0 aliphatic heterocycles. The van der Waals surface area contributed by atoms with E-state index in [1.807, 2.05) is 0 Å². The number of unbranched alkanes of at least 4 members (excludes halogenated alkanes) is 1. The molecule has 0 spiro atoms. The number of nitrogens with one attached hydrogen (secondary N) is 2. The Morgan fingerprint density at radius 3 is 2.48 bits per heavy atom. The number of nitrogens with two attached hydrogens (primary N) is 2. The van der Waals surface area contributed by atoms with Gasteiger partial charge in [0, 0.05) is 19.1 Å². The predicted octanol–water partition coefficient (Wildman–Crippen LogP) is -0.634. The summed E-state index contributed by atoms with van der Waals surface area (Å²) in [6.45, 7) is 3.33. The van der Waals surface area contributed by atoms with Crippen LogP contribution in [-0.4, -0.2) is 56.1 Å². The van der Waals surface area contributed by atoms with Crippen molar-refractivity contribution in [3.63, 3.8) is 0 Å². The van der Waals surface area contributed by atoms with E-state index in [-0.39, 0.29) is 12.6 Å². The lowest BCUT2D eigenvalue weighted by atomic mass is 10.1.